The fourth-order valence-electron chi connectivity index (χ4n) is 2.03. The molecule has 0 aliphatic carbocycles. The van der Waals surface area contributed by atoms with Crippen molar-refractivity contribution in [3.8, 4) is 0 Å². The van der Waals surface area contributed by atoms with E-state index >= 15 is 0 Å². The van der Waals surface area contributed by atoms with Gasteiger partial charge in [-0.25, -0.2) is 0 Å². The van der Waals surface area contributed by atoms with Gasteiger partial charge in [0.25, 0.3) is 5.91 Å². The number of esters is 1. The first-order chi connectivity index (χ1) is 11.5. The lowest BCUT2D eigenvalue weighted by atomic mass is 10.1. The van der Waals surface area contributed by atoms with Crippen LogP contribution in [0.1, 0.15) is 18.9 Å². The molecule has 0 aliphatic heterocycles. The molecule has 0 aromatic heterocycles. The molecule has 2 aromatic rings. The molecule has 2 aromatic carbocycles. The average Bonchev–Trinajstić information content (AvgIpc) is 2.57. The first-order valence-electron chi connectivity index (χ1n) is 7.45. The van der Waals surface area contributed by atoms with Gasteiger partial charge < -0.3 is 10.1 Å². The second kappa shape index (κ2) is 8.71. The lowest BCUT2D eigenvalue weighted by Crippen LogP contribution is -2.30. The number of amides is 1. The summed E-state index contributed by atoms with van der Waals surface area (Å²) in [6.45, 7) is 1.51. The first kappa shape index (κ1) is 18.3. The smallest absolute Gasteiger partial charge is 0.306 e. The zero-order chi connectivity index (χ0) is 17.5. The number of ether oxygens (including phenoxy) is 1. The molecule has 0 bridgehead atoms. The highest BCUT2D eigenvalue weighted by Gasteiger charge is 2.18. The van der Waals surface area contributed by atoms with Crippen LogP contribution in [0.3, 0.4) is 0 Å². The Labute approximate surface area is 150 Å². The van der Waals surface area contributed by atoms with Gasteiger partial charge in [0.2, 0.25) is 0 Å². The van der Waals surface area contributed by atoms with E-state index in [0.717, 1.165) is 5.56 Å². The van der Waals surface area contributed by atoms with Crippen LogP contribution >= 0.6 is 23.2 Å². The van der Waals surface area contributed by atoms with Gasteiger partial charge >= 0.3 is 5.97 Å². The van der Waals surface area contributed by atoms with Gasteiger partial charge in [0.1, 0.15) is 0 Å². The molecular formula is C18H17Cl2NO3. The Balaban J connectivity index is 1.84. The summed E-state index contributed by atoms with van der Waals surface area (Å²) in [5.41, 5.74) is 1.42. The summed E-state index contributed by atoms with van der Waals surface area (Å²) in [6.07, 6.45) is -0.156. The van der Waals surface area contributed by atoms with Crippen LogP contribution in [0.5, 0.6) is 0 Å². The van der Waals surface area contributed by atoms with Gasteiger partial charge in [-0.15, -0.1) is 0 Å². The Kier molecular flexibility index (Phi) is 6.64. The number of nitrogens with one attached hydrogen (secondary N) is 1. The van der Waals surface area contributed by atoms with E-state index in [9.17, 15) is 9.59 Å². The van der Waals surface area contributed by atoms with Crippen LogP contribution in [-0.4, -0.2) is 18.0 Å². The molecule has 1 unspecified atom stereocenters. The summed E-state index contributed by atoms with van der Waals surface area (Å²) >= 11 is 11.9. The summed E-state index contributed by atoms with van der Waals surface area (Å²) in [7, 11) is 0. The normalized spacial score (nSPS) is 11.6. The second-order valence-corrected chi connectivity index (χ2v) is 6.07. The Bertz CT molecular complexity index is 719. The number of carbonyl (C=O) groups excluding carboxylic acids is 2. The summed E-state index contributed by atoms with van der Waals surface area (Å²) < 4.78 is 5.15. The fraction of sp³-hybridized carbons (Fsp3) is 0.222. The molecule has 0 saturated carbocycles. The van der Waals surface area contributed by atoms with Gasteiger partial charge in [0.05, 0.1) is 10.7 Å². The van der Waals surface area contributed by atoms with E-state index < -0.39 is 18.0 Å². The third kappa shape index (κ3) is 5.55. The summed E-state index contributed by atoms with van der Waals surface area (Å²) in [5, 5.41) is 3.40. The van der Waals surface area contributed by atoms with Gasteiger partial charge in [0.15, 0.2) is 6.10 Å². The van der Waals surface area contributed by atoms with Crippen LogP contribution in [0.4, 0.5) is 5.69 Å². The van der Waals surface area contributed by atoms with Gasteiger partial charge in [-0.2, -0.15) is 0 Å². The minimum absolute atomic E-state index is 0.208. The molecule has 24 heavy (non-hydrogen) atoms. The lowest BCUT2D eigenvalue weighted by molar-refractivity contribution is -0.153. The van der Waals surface area contributed by atoms with Gasteiger partial charge in [0, 0.05) is 11.4 Å². The standard InChI is InChI=1S/C18H17Cl2NO3/c1-12(18(23)21-16-11-14(19)8-9-15(16)20)24-17(22)10-7-13-5-3-2-4-6-13/h2-6,8-9,11-12H,7,10H2,1H3,(H,21,23). The molecule has 0 saturated heterocycles. The molecule has 1 atom stereocenters. The van der Waals surface area contributed by atoms with E-state index in [1.807, 2.05) is 30.3 Å². The number of hydrogen-bond donors (Lipinski definition) is 1. The van der Waals surface area contributed by atoms with E-state index in [2.05, 4.69) is 5.32 Å². The molecule has 0 fully saturated rings. The van der Waals surface area contributed by atoms with Gasteiger partial charge in [-0.05, 0) is 37.1 Å². The van der Waals surface area contributed by atoms with E-state index in [-0.39, 0.29) is 6.42 Å². The number of rotatable bonds is 6. The Morgan fingerprint density at radius 2 is 1.83 bits per heavy atom. The molecule has 1 N–H and O–H groups in total. The minimum atomic E-state index is -0.927. The van der Waals surface area contributed by atoms with Crippen molar-refractivity contribution < 1.29 is 14.3 Å². The number of benzene rings is 2. The second-order valence-electron chi connectivity index (χ2n) is 5.23. The van der Waals surface area contributed by atoms with Crippen molar-refractivity contribution in [2.45, 2.75) is 25.9 Å². The van der Waals surface area contributed by atoms with Crippen molar-refractivity contribution >= 4 is 40.8 Å². The molecule has 4 nitrogen and oxygen atoms in total. The zero-order valence-corrected chi connectivity index (χ0v) is 14.6. The number of halogens is 2. The maximum Gasteiger partial charge on any atom is 0.306 e. The molecule has 2 rings (SSSR count). The summed E-state index contributed by atoms with van der Waals surface area (Å²) in [6, 6.07) is 14.3. The largest absolute Gasteiger partial charge is 0.453 e. The monoisotopic (exact) mass is 365 g/mol. The number of hydrogen-bond acceptors (Lipinski definition) is 3. The summed E-state index contributed by atoms with van der Waals surface area (Å²) in [5.74, 6) is -0.897. The molecule has 126 valence electrons. The highest BCUT2D eigenvalue weighted by atomic mass is 35.5. The summed E-state index contributed by atoms with van der Waals surface area (Å²) in [4.78, 5) is 24.0. The highest BCUT2D eigenvalue weighted by molar-refractivity contribution is 6.35. The molecule has 0 heterocycles. The SMILES string of the molecule is CC(OC(=O)CCc1ccccc1)C(=O)Nc1cc(Cl)ccc1Cl. The molecule has 6 heteroatoms. The predicted molar refractivity (Wildman–Crippen MR) is 95.4 cm³/mol. The Morgan fingerprint density at radius 3 is 2.54 bits per heavy atom. The highest BCUT2D eigenvalue weighted by Crippen LogP contribution is 2.25. The van der Waals surface area contributed by atoms with Crippen LogP contribution in [0.15, 0.2) is 48.5 Å². The van der Waals surface area contributed by atoms with Gasteiger partial charge in [-0.3, -0.25) is 9.59 Å². The third-order valence-corrected chi connectivity index (χ3v) is 3.89. The molecule has 0 aliphatic rings. The molecule has 0 radical (unpaired) electrons. The Hall–Kier alpha value is -2.04. The van der Waals surface area contributed by atoms with Crippen LogP contribution in [0.2, 0.25) is 10.0 Å². The number of carbonyl (C=O) groups is 2. The lowest BCUT2D eigenvalue weighted by Gasteiger charge is -2.14. The van der Waals surface area contributed by atoms with Crippen molar-refractivity contribution in [1.82, 2.24) is 0 Å². The van der Waals surface area contributed by atoms with Crippen molar-refractivity contribution in [3.63, 3.8) is 0 Å². The van der Waals surface area contributed by atoms with Crippen molar-refractivity contribution in [2.75, 3.05) is 5.32 Å². The van der Waals surface area contributed by atoms with Crippen LogP contribution in [-0.2, 0) is 20.7 Å². The van der Waals surface area contributed by atoms with Gasteiger partial charge in [-0.1, -0.05) is 53.5 Å². The maximum absolute atomic E-state index is 12.1. The zero-order valence-electron chi connectivity index (χ0n) is 13.1. The maximum atomic E-state index is 12.1. The topological polar surface area (TPSA) is 55.4 Å². The minimum Gasteiger partial charge on any atom is -0.453 e. The van der Waals surface area contributed by atoms with Crippen LogP contribution < -0.4 is 5.32 Å². The number of aryl methyl sites for hydroxylation is 1. The van der Waals surface area contributed by atoms with Crippen molar-refractivity contribution in [2.24, 2.45) is 0 Å². The van der Waals surface area contributed by atoms with Crippen molar-refractivity contribution in [1.29, 1.82) is 0 Å². The third-order valence-electron chi connectivity index (χ3n) is 3.32. The van der Waals surface area contributed by atoms with Crippen LogP contribution in [0.25, 0.3) is 0 Å². The fourth-order valence-corrected chi connectivity index (χ4v) is 2.37. The quantitative estimate of drug-likeness (QED) is 0.766. The molecular weight excluding hydrogens is 349 g/mol. The predicted octanol–water partition coefficient (Wildman–Crippen LogP) is 4.50. The van der Waals surface area contributed by atoms with E-state index in [1.54, 1.807) is 12.1 Å². The van der Waals surface area contributed by atoms with Crippen LogP contribution in [0, 0.1) is 0 Å². The van der Waals surface area contributed by atoms with Crippen molar-refractivity contribution in [3.05, 3.63) is 64.1 Å². The van der Waals surface area contributed by atoms with E-state index in [0.29, 0.717) is 22.2 Å². The molecule has 1 amide bonds. The first-order valence-corrected chi connectivity index (χ1v) is 8.20. The molecule has 0 spiro atoms. The Morgan fingerprint density at radius 1 is 1.12 bits per heavy atom. The van der Waals surface area contributed by atoms with E-state index in [4.69, 9.17) is 27.9 Å². The average molecular weight is 366 g/mol. The van der Waals surface area contributed by atoms with E-state index in [1.165, 1.54) is 13.0 Å². The number of anilines is 1.